The van der Waals surface area contributed by atoms with Crippen LogP contribution in [0.2, 0.25) is 0 Å². The summed E-state index contributed by atoms with van der Waals surface area (Å²) in [5.74, 6) is 0.0650. The molecule has 1 amide bonds. The van der Waals surface area contributed by atoms with Gasteiger partial charge in [0.25, 0.3) is 0 Å². The van der Waals surface area contributed by atoms with Gasteiger partial charge in [0.2, 0.25) is 15.9 Å². The molecule has 128 valence electrons. The summed E-state index contributed by atoms with van der Waals surface area (Å²) in [5.41, 5.74) is 5.37. The molecule has 7 nitrogen and oxygen atoms in total. The van der Waals surface area contributed by atoms with E-state index in [9.17, 15) is 13.2 Å². The molecular weight excluding hydrogens is 388 g/mol. The highest BCUT2D eigenvalue weighted by Crippen LogP contribution is 2.37. The number of rotatable bonds is 5. The number of benzene rings is 1. The van der Waals surface area contributed by atoms with E-state index < -0.39 is 22.0 Å². The van der Waals surface area contributed by atoms with E-state index in [0.717, 1.165) is 6.42 Å². The molecule has 1 saturated heterocycles. The van der Waals surface area contributed by atoms with Crippen LogP contribution in [0.5, 0.6) is 11.5 Å². The summed E-state index contributed by atoms with van der Waals surface area (Å²) in [6, 6.07) is 2.08. The van der Waals surface area contributed by atoms with Gasteiger partial charge in [-0.05, 0) is 34.8 Å². The largest absolute Gasteiger partial charge is 0.493 e. The molecule has 2 rings (SSSR count). The molecule has 0 unspecified atom stereocenters. The average molecular weight is 407 g/mol. The molecule has 23 heavy (non-hydrogen) atoms. The fourth-order valence-electron chi connectivity index (χ4n) is 2.64. The maximum atomic E-state index is 13.0. The number of primary amides is 1. The third-order valence-electron chi connectivity index (χ3n) is 3.81. The first-order valence-corrected chi connectivity index (χ1v) is 9.29. The van der Waals surface area contributed by atoms with Crippen LogP contribution in [0.1, 0.15) is 19.3 Å². The lowest BCUT2D eigenvalue weighted by atomic mass is 10.0. The number of carbonyl (C=O) groups excluding carboxylic acids is 1. The maximum Gasteiger partial charge on any atom is 0.245 e. The predicted molar refractivity (Wildman–Crippen MR) is 88.0 cm³/mol. The van der Waals surface area contributed by atoms with Crippen molar-refractivity contribution >= 4 is 31.9 Å². The Balaban J connectivity index is 2.52. The fraction of sp³-hybridized carbons (Fsp3) is 0.500. The van der Waals surface area contributed by atoms with Gasteiger partial charge in [-0.15, -0.1) is 0 Å². The minimum absolute atomic E-state index is 0.0169. The summed E-state index contributed by atoms with van der Waals surface area (Å²) in [6.45, 7) is 0.261. The Morgan fingerprint density at radius 1 is 1.26 bits per heavy atom. The molecule has 0 aliphatic carbocycles. The van der Waals surface area contributed by atoms with E-state index in [0.29, 0.717) is 28.8 Å². The number of hydrogen-bond acceptors (Lipinski definition) is 5. The Morgan fingerprint density at radius 3 is 2.43 bits per heavy atom. The van der Waals surface area contributed by atoms with Crippen molar-refractivity contribution in [2.45, 2.75) is 30.2 Å². The van der Waals surface area contributed by atoms with Crippen molar-refractivity contribution < 1.29 is 22.7 Å². The topological polar surface area (TPSA) is 98.9 Å². The number of hydrogen-bond donors (Lipinski definition) is 1. The smallest absolute Gasteiger partial charge is 0.245 e. The van der Waals surface area contributed by atoms with Gasteiger partial charge in [0.15, 0.2) is 11.5 Å². The van der Waals surface area contributed by atoms with Gasteiger partial charge in [0, 0.05) is 17.1 Å². The van der Waals surface area contributed by atoms with Gasteiger partial charge in [-0.2, -0.15) is 4.31 Å². The number of sulfonamides is 1. The van der Waals surface area contributed by atoms with Crippen LogP contribution in [0.15, 0.2) is 21.5 Å². The molecule has 9 heteroatoms. The lowest BCUT2D eigenvalue weighted by molar-refractivity contribution is -0.122. The molecule has 0 spiro atoms. The van der Waals surface area contributed by atoms with Crippen molar-refractivity contribution in [3.8, 4) is 11.5 Å². The first kappa shape index (κ1) is 18.0. The second kappa shape index (κ2) is 7.06. The van der Waals surface area contributed by atoms with E-state index in [-0.39, 0.29) is 11.4 Å². The minimum Gasteiger partial charge on any atom is -0.493 e. The van der Waals surface area contributed by atoms with Crippen LogP contribution in [0.3, 0.4) is 0 Å². The van der Waals surface area contributed by atoms with Crippen LogP contribution in [0.4, 0.5) is 0 Å². The Morgan fingerprint density at radius 2 is 1.87 bits per heavy atom. The van der Waals surface area contributed by atoms with E-state index in [1.165, 1.54) is 30.7 Å². The molecule has 0 saturated carbocycles. The van der Waals surface area contributed by atoms with Gasteiger partial charge in [0.05, 0.1) is 14.2 Å². The van der Waals surface area contributed by atoms with Crippen molar-refractivity contribution in [3.63, 3.8) is 0 Å². The molecule has 1 atom stereocenters. The van der Waals surface area contributed by atoms with Gasteiger partial charge < -0.3 is 15.2 Å². The summed E-state index contributed by atoms with van der Waals surface area (Å²) in [7, 11) is -1.00. The van der Waals surface area contributed by atoms with E-state index in [4.69, 9.17) is 15.2 Å². The average Bonchev–Trinajstić information content (AvgIpc) is 2.54. The second-order valence-electron chi connectivity index (χ2n) is 5.17. The zero-order valence-electron chi connectivity index (χ0n) is 12.9. The van der Waals surface area contributed by atoms with Crippen molar-refractivity contribution in [2.75, 3.05) is 20.8 Å². The van der Waals surface area contributed by atoms with Crippen molar-refractivity contribution in [1.29, 1.82) is 0 Å². The van der Waals surface area contributed by atoms with Gasteiger partial charge in [-0.3, -0.25) is 4.79 Å². The van der Waals surface area contributed by atoms with E-state index >= 15 is 0 Å². The third kappa shape index (κ3) is 3.46. The highest BCUT2D eigenvalue weighted by molar-refractivity contribution is 9.10. The molecule has 0 bridgehead atoms. The summed E-state index contributed by atoms with van der Waals surface area (Å²) >= 11 is 3.25. The summed E-state index contributed by atoms with van der Waals surface area (Å²) < 4.78 is 37.8. The zero-order valence-corrected chi connectivity index (χ0v) is 15.3. The van der Waals surface area contributed by atoms with Crippen LogP contribution >= 0.6 is 15.9 Å². The van der Waals surface area contributed by atoms with E-state index in [2.05, 4.69) is 15.9 Å². The number of carbonyl (C=O) groups is 1. The molecule has 1 aromatic rings. The molecular formula is C14H19BrN2O5S. The second-order valence-corrected chi connectivity index (χ2v) is 7.88. The number of halogens is 1. The number of amides is 1. The maximum absolute atomic E-state index is 13.0. The van der Waals surface area contributed by atoms with Crippen LogP contribution < -0.4 is 15.2 Å². The Labute approximate surface area is 143 Å². The Bertz CT molecular complexity index is 707. The Kier molecular flexibility index (Phi) is 5.53. The van der Waals surface area contributed by atoms with Gasteiger partial charge in [0.1, 0.15) is 10.9 Å². The van der Waals surface area contributed by atoms with Crippen LogP contribution in [-0.2, 0) is 14.8 Å². The number of ether oxygens (including phenoxy) is 2. The van der Waals surface area contributed by atoms with Crippen molar-refractivity contribution in [2.24, 2.45) is 5.73 Å². The van der Waals surface area contributed by atoms with E-state index in [1.807, 2.05) is 0 Å². The lowest BCUT2D eigenvalue weighted by Gasteiger charge is -2.32. The minimum atomic E-state index is -3.89. The molecule has 1 heterocycles. The fourth-order valence-corrected chi connectivity index (χ4v) is 5.30. The molecule has 2 N–H and O–H groups in total. The van der Waals surface area contributed by atoms with Gasteiger partial charge in [-0.25, -0.2) is 8.42 Å². The monoisotopic (exact) mass is 406 g/mol. The normalized spacial score (nSPS) is 19.3. The molecule has 1 fully saturated rings. The SMILES string of the molecule is COc1cc(Br)c(S(=O)(=O)N2CCCC[C@@H]2C(N)=O)cc1OC. The number of nitrogens with two attached hydrogens (primary N) is 1. The summed E-state index contributed by atoms with van der Waals surface area (Å²) in [5, 5.41) is 0. The number of piperidine rings is 1. The first-order valence-electron chi connectivity index (χ1n) is 7.05. The zero-order chi connectivity index (χ0) is 17.2. The lowest BCUT2D eigenvalue weighted by Crippen LogP contribution is -2.50. The number of methoxy groups -OCH3 is 2. The molecule has 1 aliphatic heterocycles. The van der Waals surface area contributed by atoms with Gasteiger partial charge >= 0.3 is 0 Å². The van der Waals surface area contributed by atoms with Gasteiger partial charge in [-0.1, -0.05) is 6.42 Å². The molecule has 1 aromatic carbocycles. The molecule has 0 aromatic heterocycles. The predicted octanol–water partition coefficient (Wildman–Crippen LogP) is 1.49. The highest BCUT2D eigenvalue weighted by Gasteiger charge is 2.38. The first-order chi connectivity index (χ1) is 10.8. The Hall–Kier alpha value is -1.32. The summed E-state index contributed by atoms with van der Waals surface area (Å²) in [4.78, 5) is 11.6. The molecule has 0 radical (unpaired) electrons. The van der Waals surface area contributed by atoms with Crippen LogP contribution in [0.25, 0.3) is 0 Å². The molecule has 1 aliphatic rings. The van der Waals surface area contributed by atoms with E-state index in [1.54, 1.807) is 0 Å². The third-order valence-corrected chi connectivity index (χ3v) is 6.67. The quantitative estimate of drug-likeness (QED) is 0.798. The summed E-state index contributed by atoms with van der Waals surface area (Å²) in [6.07, 6.45) is 1.89. The van der Waals surface area contributed by atoms with Crippen molar-refractivity contribution in [3.05, 3.63) is 16.6 Å². The van der Waals surface area contributed by atoms with Crippen LogP contribution in [0, 0.1) is 0 Å². The van der Waals surface area contributed by atoms with Crippen LogP contribution in [-0.4, -0.2) is 45.4 Å². The number of nitrogens with zero attached hydrogens (tertiary/aromatic N) is 1. The standard InChI is InChI=1S/C14H19BrN2O5S/c1-21-11-7-9(15)13(8-12(11)22-2)23(19,20)17-6-4-3-5-10(17)14(16)18/h7-8,10H,3-6H2,1-2H3,(H2,16,18)/t10-/m1/s1. The highest BCUT2D eigenvalue weighted by atomic mass is 79.9. The van der Waals surface area contributed by atoms with Crippen molar-refractivity contribution in [1.82, 2.24) is 4.31 Å².